The SMILES string of the molecule is O=C(NCCc1cccc(F)c1)C1CC=CCC1C(=O)N1CCN(c2ccccn2)CC1. The van der Waals surface area contributed by atoms with E-state index in [0.717, 1.165) is 24.5 Å². The highest BCUT2D eigenvalue weighted by Gasteiger charge is 2.37. The molecular formula is C25H29FN4O2. The number of amides is 2. The number of allylic oxidation sites excluding steroid dienone is 2. The van der Waals surface area contributed by atoms with Crippen LogP contribution in [0.25, 0.3) is 0 Å². The average Bonchev–Trinajstić information content (AvgIpc) is 2.84. The van der Waals surface area contributed by atoms with Crippen LogP contribution < -0.4 is 10.2 Å². The molecule has 1 fully saturated rings. The number of anilines is 1. The van der Waals surface area contributed by atoms with Crippen molar-refractivity contribution in [3.05, 3.63) is 72.2 Å². The molecule has 1 aliphatic heterocycles. The number of pyridine rings is 1. The minimum atomic E-state index is -0.367. The van der Waals surface area contributed by atoms with Gasteiger partial charge in [-0.05, 0) is 49.1 Å². The zero-order chi connectivity index (χ0) is 22.3. The van der Waals surface area contributed by atoms with Crippen LogP contribution >= 0.6 is 0 Å². The number of aromatic nitrogens is 1. The lowest BCUT2D eigenvalue weighted by Gasteiger charge is -2.38. The van der Waals surface area contributed by atoms with Gasteiger partial charge in [0.1, 0.15) is 11.6 Å². The molecule has 1 aromatic heterocycles. The van der Waals surface area contributed by atoms with Crippen LogP contribution in [0.3, 0.4) is 0 Å². The van der Waals surface area contributed by atoms with Gasteiger partial charge in [-0.15, -0.1) is 0 Å². The van der Waals surface area contributed by atoms with E-state index in [9.17, 15) is 14.0 Å². The van der Waals surface area contributed by atoms with Gasteiger partial charge in [0.2, 0.25) is 11.8 Å². The lowest BCUT2D eigenvalue weighted by atomic mass is 9.81. The van der Waals surface area contributed by atoms with E-state index < -0.39 is 0 Å². The number of carbonyl (C=O) groups is 2. The van der Waals surface area contributed by atoms with Crippen LogP contribution in [0, 0.1) is 17.7 Å². The zero-order valence-corrected chi connectivity index (χ0v) is 18.1. The number of nitrogens with zero attached hydrogens (tertiary/aromatic N) is 3. The van der Waals surface area contributed by atoms with Gasteiger partial charge < -0.3 is 15.1 Å². The second kappa shape index (κ2) is 10.4. The third-order valence-electron chi connectivity index (χ3n) is 6.25. The molecule has 6 nitrogen and oxygen atoms in total. The summed E-state index contributed by atoms with van der Waals surface area (Å²) in [5.41, 5.74) is 0.840. The van der Waals surface area contributed by atoms with Crippen molar-refractivity contribution in [1.82, 2.24) is 15.2 Å². The molecule has 2 atom stereocenters. The van der Waals surface area contributed by atoms with Crippen LogP contribution in [0.5, 0.6) is 0 Å². The second-order valence-electron chi connectivity index (χ2n) is 8.33. The van der Waals surface area contributed by atoms with Crippen molar-refractivity contribution >= 4 is 17.6 Å². The van der Waals surface area contributed by atoms with Gasteiger partial charge in [-0.2, -0.15) is 0 Å². The van der Waals surface area contributed by atoms with Crippen molar-refractivity contribution in [3.8, 4) is 0 Å². The molecule has 2 amide bonds. The van der Waals surface area contributed by atoms with Gasteiger partial charge >= 0.3 is 0 Å². The molecule has 168 valence electrons. The Bertz CT molecular complexity index is 957. The normalized spacial score (nSPS) is 20.8. The largest absolute Gasteiger partial charge is 0.355 e. The topological polar surface area (TPSA) is 65.5 Å². The number of rotatable bonds is 6. The first-order valence-electron chi connectivity index (χ1n) is 11.2. The van der Waals surface area contributed by atoms with E-state index in [2.05, 4.69) is 15.2 Å². The Kier molecular flexibility index (Phi) is 7.14. The fraction of sp³-hybridized carbons (Fsp3) is 0.400. The first kappa shape index (κ1) is 22.0. The monoisotopic (exact) mass is 436 g/mol. The van der Waals surface area contributed by atoms with E-state index in [1.165, 1.54) is 12.1 Å². The molecule has 0 spiro atoms. The maximum Gasteiger partial charge on any atom is 0.226 e. The Balaban J connectivity index is 1.31. The number of hydrogen-bond acceptors (Lipinski definition) is 4. The number of nitrogens with one attached hydrogen (secondary N) is 1. The van der Waals surface area contributed by atoms with Crippen molar-refractivity contribution < 1.29 is 14.0 Å². The predicted molar refractivity (Wildman–Crippen MR) is 121 cm³/mol. The summed E-state index contributed by atoms with van der Waals surface area (Å²) in [5.74, 6) is -0.100. The average molecular weight is 437 g/mol. The van der Waals surface area contributed by atoms with Gasteiger partial charge in [0.15, 0.2) is 0 Å². The fourth-order valence-corrected chi connectivity index (χ4v) is 4.46. The predicted octanol–water partition coefficient (Wildman–Crippen LogP) is 2.81. The van der Waals surface area contributed by atoms with Crippen molar-refractivity contribution in [1.29, 1.82) is 0 Å². The number of halogens is 1. The number of piperazine rings is 1. The van der Waals surface area contributed by atoms with Gasteiger partial charge in [-0.1, -0.05) is 30.4 Å². The summed E-state index contributed by atoms with van der Waals surface area (Å²) in [6, 6.07) is 12.2. The van der Waals surface area contributed by atoms with Gasteiger partial charge in [-0.3, -0.25) is 9.59 Å². The molecule has 1 saturated heterocycles. The van der Waals surface area contributed by atoms with E-state index in [0.29, 0.717) is 38.9 Å². The Labute approximate surface area is 188 Å². The van der Waals surface area contributed by atoms with Gasteiger partial charge in [0.05, 0.1) is 11.8 Å². The zero-order valence-electron chi connectivity index (χ0n) is 18.1. The minimum Gasteiger partial charge on any atom is -0.355 e. The van der Waals surface area contributed by atoms with Crippen LogP contribution in [-0.4, -0.2) is 54.4 Å². The molecule has 2 aromatic rings. The molecule has 4 rings (SSSR count). The summed E-state index contributed by atoms with van der Waals surface area (Å²) in [6.45, 7) is 3.14. The molecule has 32 heavy (non-hydrogen) atoms. The third kappa shape index (κ3) is 5.33. The quantitative estimate of drug-likeness (QED) is 0.708. The molecule has 2 unspecified atom stereocenters. The molecular weight excluding hydrogens is 407 g/mol. The van der Waals surface area contributed by atoms with Crippen molar-refractivity contribution in [2.24, 2.45) is 11.8 Å². The van der Waals surface area contributed by atoms with Gasteiger partial charge in [-0.25, -0.2) is 9.37 Å². The first-order chi connectivity index (χ1) is 15.6. The Hall–Kier alpha value is -3.22. The first-order valence-corrected chi connectivity index (χ1v) is 11.2. The maximum absolute atomic E-state index is 13.3. The standard InChI is InChI=1S/C25H29FN4O2/c26-20-7-5-6-19(18-20)11-13-28-24(31)21-8-1-2-9-22(21)25(32)30-16-14-29(15-17-30)23-10-3-4-12-27-23/h1-7,10,12,18,21-22H,8-9,11,13-17H2,(H,28,31). The van der Waals surface area contributed by atoms with Crippen molar-refractivity contribution in [3.63, 3.8) is 0 Å². The fourth-order valence-electron chi connectivity index (χ4n) is 4.46. The second-order valence-corrected chi connectivity index (χ2v) is 8.33. The van der Waals surface area contributed by atoms with Crippen LogP contribution in [0.1, 0.15) is 18.4 Å². The summed E-state index contributed by atoms with van der Waals surface area (Å²) in [6.07, 6.45) is 7.47. The summed E-state index contributed by atoms with van der Waals surface area (Å²) in [7, 11) is 0. The highest BCUT2D eigenvalue weighted by molar-refractivity contribution is 5.88. The highest BCUT2D eigenvalue weighted by atomic mass is 19.1. The highest BCUT2D eigenvalue weighted by Crippen LogP contribution is 2.28. The van der Waals surface area contributed by atoms with E-state index >= 15 is 0 Å². The number of carbonyl (C=O) groups excluding carboxylic acids is 2. The van der Waals surface area contributed by atoms with Gasteiger partial charge in [0, 0.05) is 38.9 Å². The van der Waals surface area contributed by atoms with Crippen LogP contribution in [0.15, 0.2) is 60.8 Å². The summed E-state index contributed by atoms with van der Waals surface area (Å²) in [5, 5.41) is 2.95. The van der Waals surface area contributed by atoms with Crippen LogP contribution in [-0.2, 0) is 16.0 Å². The van der Waals surface area contributed by atoms with Crippen LogP contribution in [0.2, 0.25) is 0 Å². The third-order valence-corrected chi connectivity index (χ3v) is 6.25. The Morgan fingerprint density at radius 1 is 1.00 bits per heavy atom. The van der Waals surface area contributed by atoms with Crippen molar-refractivity contribution in [2.75, 3.05) is 37.6 Å². The molecule has 0 radical (unpaired) electrons. The summed E-state index contributed by atoms with van der Waals surface area (Å²) >= 11 is 0. The molecule has 1 aliphatic carbocycles. The Morgan fingerprint density at radius 2 is 1.78 bits per heavy atom. The smallest absolute Gasteiger partial charge is 0.226 e. The molecule has 0 bridgehead atoms. The summed E-state index contributed by atoms with van der Waals surface area (Å²) < 4.78 is 13.3. The Morgan fingerprint density at radius 3 is 2.50 bits per heavy atom. The van der Waals surface area contributed by atoms with E-state index in [4.69, 9.17) is 0 Å². The lowest BCUT2D eigenvalue weighted by molar-refractivity contribution is -0.142. The molecule has 1 N–H and O–H groups in total. The van der Waals surface area contributed by atoms with Crippen molar-refractivity contribution in [2.45, 2.75) is 19.3 Å². The van der Waals surface area contributed by atoms with E-state index in [-0.39, 0.29) is 29.5 Å². The lowest BCUT2D eigenvalue weighted by Crippen LogP contribution is -2.52. The molecule has 0 saturated carbocycles. The molecule has 7 heteroatoms. The van der Waals surface area contributed by atoms with E-state index in [1.54, 1.807) is 12.3 Å². The number of benzene rings is 1. The van der Waals surface area contributed by atoms with Crippen LogP contribution in [0.4, 0.5) is 10.2 Å². The number of hydrogen-bond donors (Lipinski definition) is 1. The van der Waals surface area contributed by atoms with Gasteiger partial charge in [0.25, 0.3) is 0 Å². The summed E-state index contributed by atoms with van der Waals surface area (Å²) in [4.78, 5) is 34.6. The minimum absolute atomic E-state index is 0.0558. The van der Waals surface area contributed by atoms with E-state index in [1.807, 2.05) is 41.3 Å². The molecule has 2 aliphatic rings. The molecule has 2 heterocycles. The molecule has 1 aromatic carbocycles. The maximum atomic E-state index is 13.3.